The number of nitrogens with zero attached hydrogens (tertiary/aromatic N) is 1. The van der Waals surface area contributed by atoms with E-state index < -0.39 is 6.61 Å². The molecule has 0 heterocycles. The van der Waals surface area contributed by atoms with Gasteiger partial charge in [-0.15, -0.1) is 24.0 Å². The summed E-state index contributed by atoms with van der Waals surface area (Å²) in [5, 5.41) is 6.18. The topological polar surface area (TPSA) is 72.0 Å². The van der Waals surface area contributed by atoms with Gasteiger partial charge < -0.3 is 20.1 Å². The third-order valence-electron chi connectivity index (χ3n) is 3.34. The van der Waals surface area contributed by atoms with Gasteiger partial charge >= 0.3 is 12.6 Å². The Labute approximate surface area is 176 Å². The van der Waals surface area contributed by atoms with E-state index in [1.165, 1.54) is 6.07 Å². The van der Waals surface area contributed by atoms with E-state index in [-0.39, 0.29) is 42.2 Å². The number of carbonyl (C=O) groups excluding carboxylic acids is 1. The minimum absolute atomic E-state index is 0. The Balaban J connectivity index is 0.00000676. The molecule has 0 saturated carbocycles. The highest BCUT2D eigenvalue weighted by Gasteiger charge is 2.10. The number of guanidine groups is 1. The van der Waals surface area contributed by atoms with Crippen LogP contribution in [0.4, 0.5) is 8.78 Å². The van der Waals surface area contributed by atoms with E-state index in [4.69, 9.17) is 4.74 Å². The van der Waals surface area contributed by atoms with Gasteiger partial charge in [0.25, 0.3) is 0 Å². The molecular formula is C18H28F2IN3O3. The summed E-state index contributed by atoms with van der Waals surface area (Å²) in [4.78, 5) is 15.7. The van der Waals surface area contributed by atoms with Gasteiger partial charge in [0.05, 0.1) is 13.2 Å². The van der Waals surface area contributed by atoms with E-state index in [1.807, 2.05) is 13.8 Å². The predicted octanol–water partition coefficient (Wildman–Crippen LogP) is 3.61. The Morgan fingerprint density at radius 1 is 1.26 bits per heavy atom. The first-order valence-electron chi connectivity index (χ1n) is 8.68. The van der Waals surface area contributed by atoms with Crippen molar-refractivity contribution in [3.05, 3.63) is 29.3 Å². The van der Waals surface area contributed by atoms with Gasteiger partial charge in [0.2, 0.25) is 0 Å². The van der Waals surface area contributed by atoms with Crippen LogP contribution in [-0.2, 0) is 16.1 Å². The molecule has 0 aliphatic carbocycles. The number of esters is 1. The SMILES string of the molecule is CCNC(=NCc1cc(C)ccc1OC(F)F)NCCCC(=O)OCC.I. The number of carbonyl (C=O) groups is 1. The number of rotatable bonds is 10. The van der Waals surface area contributed by atoms with E-state index >= 15 is 0 Å². The van der Waals surface area contributed by atoms with Crippen LogP contribution in [0.2, 0.25) is 0 Å². The van der Waals surface area contributed by atoms with E-state index in [2.05, 4.69) is 20.4 Å². The van der Waals surface area contributed by atoms with Gasteiger partial charge in [0, 0.05) is 25.1 Å². The number of hydrogen-bond acceptors (Lipinski definition) is 4. The first-order valence-corrected chi connectivity index (χ1v) is 8.68. The van der Waals surface area contributed by atoms with E-state index in [0.29, 0.717) is 44.1 Å². The molecule has 0 atom stereocenters. The molecule has 0 aliphatic heterocycles. The van der Waals surface area contributed by atoms with Crippen molar-refractivity contribution >= 4 is 35.9 Å². The Kier molecular flexibility index (Phi) is 13.5. The highest BCUT2D eigenvalue weighted by molar-refractivity contribution is 14.0. The van der Waals surface area contributed by atoms with Crippen molar-refractivity contribution < 1.29 is 23.0 Å². The summed E-state index contributed by atoms with van der Waals surface area (Å²) in [7, 11) is 0. The summed E-state index contributed by atoms with van der Waals surface area (Å²) < 4.78 is 34.5. The number of nitrogens with one attached hydrogen (secondary N) is 2. The third-order valence-corrected chi connectivity index (χ3v) is 3.34. The number of hydrogen-bond donors (Lipinski definition) is 2. The summed E-state index contributed by atoms with van der Waals surface area (Å²) in [6.45, 7) is 4.44. The fourth-order valence-corrected chi connectivity index (χ4v) is 2.22. The Morgan fingerprint density at radius 3 is 2.63 bits per heavy atom. The molecule has 0 spiro atoms. The summed E-state index contributed by atoms with van der Waals surface area (Å²) >= 11 is 0. The van der Waals surface area contributed by atoms with Gasteiger partial charge in [-0.2, -0.15) is 8.78 Å². The molecule has 1 aromatic carbocycles. The molecule has 0 unspecified atom stereocenters. The first-order chi connectivity index (χ1) is 12.5. The van der Waals surface area contributed by atoms with Gasteiger partial charge in [-0.3, -0.25) is 4.79 Å². The number of aryl methyl sites for hydroxylation is 1. The molecular weight excluding hydrogens is 471 g/mol. The van der Waals surface area contributed by atoms with Gasteiger partial charge in [-0.25, -0.2) is 4.99 Å². The standard InChI is InChI=1S/C18H27F2N3O3.HI/c1-4-21-18(22-10-6-7-16(24)25-5-2)23-12-14-11-13(3)8-9-15(14)26-17(19)20;/h8-9,11,17H,4-7,10,12H2,1-3H3,(H2,21,22,23);1H. The van der Waals surface area contributed by atoms with Crippen LogP contribution in [0.15, 0.2) is 23.2 Å². The quantitative estimate of drug-likeness (QED) is 0.169. The number of ether oxygens (including phenoxy) is 2. The molecule has 6 nitrogen and oxygen atoms in total. The highest BCUT2D eigenvalue weighted by atomic mass is 127. The lowest BCUT2D eigenvalue weighted by Crippen LogP contribution is -2.37. The minimum atomic E-state index is -2.88. The van der Waals surface area contributed by atoms with Gasteiger partial charge in [-0.1, -0.05) is 17.7 Å². The van der Waals surface area contributed by atoms with Crippen molar-refractivity contribution in [2.24, 2.45) is 4.99 Å². The van der Waals surface area contributed by atoms with Crippen LogP contribution in [0.3, 0.4) is 0 Å². The maximum Gasteiger partial charge on any atom is 0.387 e. The normalized spacial score (nSPS) is 11.0. The maximum absolute atomic E-state index is 12.5. The number of alkyl halides is 2. The molecule has 0 fully saturated rings. The largest absolute Gasteiger partial charge is 0.466 e. The summed E-state index contributed by atoms with van der Waals surface area (Å²) in [5.41, 5.74) is 1.51. The zero-order valence-electron chi connectivity index (χ0n) is 15.9. The summed E-state index contributed by atoms with van der Waals surface area (Å²) in [6, 6.07) is 5.00. The molecule has 1 aromatic rings. The average molecular weight is 499 g/mol. The maximum atomic E-state index is 12.5. The average Bonchev–Trinajstić information content (AvgIpc) is 2.58. The number of benzene rings is 1. The second kappa shape index (κ2) is 14.4. The van der Waals surface area contributed by atoms with E-state index in [1.54, 1.807) is 19.1 Å². The van der Waals surface area contributed by atoms with Crippen molar-refractivity contribution in [2.75, 3.05) is 19.7 Å². The minimum Gasteiger partial charge on any atom is -0.466 e. The molecule has 0 amide bonds. The number of halogens is 3. The van der Waals surface area contributed by atoms with Crippen LogP contribution >= 0.6 is 24.0 Å². The predicted molar refractivity (Wildman–Crippen MR) is 112 cm³/mol. The molecule has 154 valence electrons. The Bertz CT molecular complexity index is 601. The second-order valence-electron chi connectivity index (χ2n) is 5.52. The van der Waals surface area contributed by atoms with Crippen LogP contribution < -0.4 is 15.4 Å². The molecule has 27 heavy (non-hydrogen) atoms. The molecule has 0 bridgehead atoms. The van der Waals surface area contributed by atoms with Gasteiger partial charge in [0.15, 0.2) is 5.96 Å². The van der Waals surface area contributed by atoms with Crippen LogP contribution in [0.25, 0.3) is 0 Å². The van der Waals surface area contributed by atoms with E-state index in [9.17, 15) is 13.6 Å². The van der Waals surface area contributed by atoms with Crippen LogP contribution in [0.1, 0.15) is 37.8 Å². The molecule has 1 rings (SSSR count). The highest BCUT2D eigenvalue weighted by Crippen LogP contribution is 2.22. The van der Waals surface area contributed by atoms with Crippen LogP contribution in [0, 0.1) is 6.92 Å². The fraction of sp³-hybridized carbons (Fsp3) is 0.556. The smallest absolute Gasteiger partial charge is 0.387 e. The van der Waals surface area contributed by atoms with Crippen molar-refractivity contribution in [3.8, 4) is 5.75 Å². The second-order valence-corrected chi connectivity index (χ2v) is 5.52. The van der Waals surface area contributed by atoms with Crippen molar-refractivity contribution in [2.45, 2.75) is 46.8 Å². The van der Waals surface area contributed by atoms with Crippen molar-refractivity contribution in [3.63, 3.8) is 0 Å². The monoisotopic (exact) mass is 499 g/mol. The van der Waals surface area contributed by atoms with Gasteiger partial charge in [0.1, 0.15) is 5.75 Å². The summed E-state index contributed by atoms with van der Waals surface area (Å²) in [6.07, 6.45) is 0.929. The molecule has 2 N–H and O–H groups in total. The number of aliphatic imine (C=N–C) groups is 1. The first kappa shape index (κ1) is 25.4. The lowest BCUT2D eigenvalue weighted by Gasteiger charge is -2.13. The van der Waals surface area contributed by atoms with E-state index in [0.717, 1.165) is 5.56 Å². The molecule has 0 radical (unpaired) electrons. The fourth-order valence-electron chi connectivity index (χ4n) is 2.22. The Morgan fingerprint density at radius 2 is 2.00 bits per heavy atom. The van der Waals surface area contributed by atoms with Crippen LogP contribution in [-0.4, -0.2) is 38.2 Å². The Hall–Kier alpha value is -1.65. The van der Waals surface area contributed by atoms with Crippen LogP contribution in [0.5, 0.6) is 5.75 Å². The zero-order valence-corrected chi connectivity index (χ0v) is 18.2. The molecule has 9 heteroatoms. The molecule has 0 saturated heterocycles. The molecule has 0 aromatic heterocycles. The zero-order chi connectivity index (χ0) is 19.4. The lowest BCUT2D eigenvalue weighted by molar-refractivity contribution is -0.143. The van der Waals surface area contributed by atoms with Crippen molar-refractivity contribution in [1.29, 1.82) is 0 Å². The molecule has 0 aliphatic rings. The van der Waals surface area contributed by atoms with Crippen molar-refractivity contribution in [1.82, 2.24) is 10.6 Å². The lowest BCUT2D eigenvalue weighted by atomic mass is 10.1. The summed E-state index contributed by atoms with van der Waals surface area (Å²) in [5.74, 6) is 0.429. The van der Waals surface area contributed by atoms with Gasteiger partial charge in [-0.05, 0) is 33.3 Å². The third kappa shape index (κ3) is 10.9.